The maximum absolute atomic E-state index is 14.0. The van der Waals surface area contributed by atoms with Crippen molar-refractivity contribution >= 4 is 43.6 Å². The molecule has 36 heavy (non-hydrogen) atoms. The smallest absolute Gasteiger partial charge is 0.261 e. The number of anilines is 2. The van der Waals surface area contributed by atoms with Crippen LogP contribution in [0.4, 0.5) is 20.2 Å². The first-order valence-electron chi connectivity index (χ1n) is 10.6. The molecule has 4 rings (SSSR count). The summed E-state index contributed by atoms with van der Waals surface area (Å²) in [4.78, 5) is 0.0407. The summed E-state index contributed by atoms with van der Waals surface area (Å²) in [7, 11) is -7.92. The molecule has 0 atom stereocenters. The van der Waals surface area contributed by atoms with Crippen LogP contribution < -0.4 is 9.44 Å². The highest BCUT2D eigenvalue weighted by atomic mass is 32.2. The molecule has 0 aliphatic heterocycles. The van der Waals surface area contributed by atoms with Gasteiger partial charge in [-0.15, -0.1) is 0 Å². The lowest BCUT2D eigenvalue weighted by molar-refractivity contribution is 0.599. The molecule has 6 nitrogen and oxygen atoms in total. The summed E-state index contributed by atoms with van der Waals surface area (Å²) in [5.41, 5.74) is 0.463. The van der Waals surface area contributed by atoms with Crippen LogP contribution in [-0.4, -0.2) is 16.8 Å². The molecule has 0 aliphatic rings. The van der Waals surface area contributed by atoms with Crippen molar-refractivity contribution in [1.29, 1.82) is 0 Å². The molecule has 0 unspecified atom stereocenters. The number of benzene rings is 4. The van der Waals surface area contributed by atoms with Gasteiger partial charge in [0.25, 0.3) is 20.0 Å². The molecule has 2 N–H and O–H groups in total. The largest absolute Gasteiger partial charge is 0.279 e. The first kappa shape index (κ1) is 25.1. The van der Waals surface area contributed by atoms with Crippen LogP contribution in [0.2, 0.25) is 0 Å². The number of hydrogen-bond acceptors (Lipinski definition) is 4. The third-order valence-electron chi connectivity index (χ3n) is 5.07. The third-order valence-corrected chi connectivity index (χ3v) is 7.83. The van der Waals surface area contributed by atoms with Crippen LogP contribution in [-0.2, 0) is 20.0 Å². The Bertz CT molecular complexity index is 1500. The Balaban J connectivity index is 1.68. The minimum Gasteiger partial charge on any atom is -0.279 e. The van der Waals surface area contributed by atoms with Crippen molar-refractivity contribution in [3.05, 3.63) is 120 Å². The summed E-state index contributed by atoms with van der Waals surface area (Å²) in [6.07, 6.45) is 2.72. The van der Waals surface area contributed by atoms with Gasteiger partial charge in [-0.25, -0.2) is 25.6 Å². The van der Waals surface area contributed by atoms with Crippen molar-refractivity contribution in [3.8, 4) is 0 Å². The van der Waals surface area contributed by atoms with Gasteiger partial charge in [0.15, 0.2) is 0 Å². The molecule has 0 aliphatic carbocycles. The number of hydrogen-bond donors (Lipinski definition) is 2. The van der Waals surface area contributed by atoms with Gasteiger partial charge < -0.3 is 0 Å². The lowest BCUT2D eigenvalue weighted by Gasteiger charge is -2.12. The number of nitrogens with one attached hydrogen (secondary N) is 2. The third kappa shape index (κ3) is 5.96. The molecule has 4 aromatic carbocycles. The monoisotopic (exact) mass is 526 g/mol. The Morgan fingerprint density at radius 2 is 0.889 bits per heavy atom. The molecule has 0 bridgehead atoms. The molecule has 10 heteroatoms. The van der Waals surface area contributed by atoms with Gasteiger partial charge in [0, 0.05) is 11.1 Å². The molecule has 0 aromatic heterocycles. The second kappa shape index (κ2) is 10.3. The highest BCUT2D eigenvalue weighted by Crippen LogP contribution is 2.27. The molecule has 184 valence electrons. The Hall–Kier alpha value is -4.02. The van der Waals surface area contributed by atoms with Crippen molar-refractivity contribution in [2.24, 2.45) is 0 Å². The van der Waals surface area contributed by atoms with E-state index in [0.29, 0.717) is 0 Å². The van der Waals surface area contributed by atoms with E-state index in [9.17, 15) is 25.6 Å². The minimum atomic E-state index is -3.96. The standard InChI is InChI=1S/C26H20F2N2O4S2/c27-21-13-15-25(29-35(31,32)23-7-3-1-4-8-23)19(17-21)11-12-20-18-22(28)14-16-26(20)30-36(33,34)24-9-5-2-6-10-24/h1-18,29-30H/b12-11+. The van der Waals surface area contributed by atoms with Crippen LogP contribution in [0.15, 0.2) is 107 Å². The molecule has 0 heterocycles. The Kier molecular flexibility index (Phi) is 7.18. The summed E-state index contributed by atoms with van der Waals surface area (Å²) in [6.45, 7) is 0. The molecular weight excluding hydrogens is 506 g/mol. The minimum absolute atomic E-state index is 0.0204. The predicted molar refractivity (Wildman–Crippen MR) is 136 cm³/mol. The van der Waals surface area contributed by atoms with Crippen molar-refractivity contribution in [2.45, 2.75) is 9.79 Å². The molecule has 0 spiro atoms. The average Bonchev–Trinajstić information content (AvgIpc) is 2.86. The summed E-state index contributed by atoms with van der Waals surface area (Å²) >= 11 is 0. The molecule has 0 radical (unpaired) electrons. The van der Waals surface area contributed by atoms with E-state index in [2.05, 4.69) is 9.44 Å². The zero-order valence-electron chi connectivity index (χ0n) is 18.6. The van der Waals surface area contributed by atoms with Crippen molar-refractivity contribution in [3.63, 3.8) is 0 Å². The topological polar surface area (TPSA) is 92.3 Å². The van der Waals surface area contributed by atoms with Gasteiger partial charge in [0.05, 0.1) is 21.2 Å². The SMILES string of the molecule is O=S(=O)(Nc1ccc(F)cc1/C=C/c1cc(F)ccc1NS(=O)(=O)c1ccccc1)c1ccccc1. The van der Waals surface area contributed by atoms with Crippen molar-refractivity contribution in [1.82, 2.24) is 0 Å². The first-order valence-corrected chi connectivity index (χ1v) is 13.5. The molecule has 0 saturated carbocycles. The van der Waals surface area contributed by atoms with E-state index in [0.717, 1.165) is 24.3 Å². The lowest BCUT2D eigenvalue weighted by Crippen LogP contribution is -2.14. The molecule has 0 fully saturated rings. The van der Waals surface area contributed by atoms with Gasteiger partial charge in [-0.2, -0.15) is 0 Å². The molecule has 4 aromatic rings. The summed E-state index contributed by atoms with van der Waals surface area (Å²) in [5.74, 6) is -1.25. The van der Waals surface area contributed by atoms with E-state index in [4.69, 9.17) is 0 Å². The van der Waals surface area contributed by atoms with Gasteiger partial charge >= 0.3 is 0 Å². The summed E-state index contributed by atoms with van der Waals surface area (Å²) in [5, 5.41) is 0. The van der Waals surface area contributed by atoms with Crippen molar-refractivity contribution in [2.75, 3.05) is 9.44 Å². The second-order valence-electron chi connectivity index (χ2n) is 7.63. The van der Waals surface area contributed by atoms with Crippen molar-refractivity contribution < 1.29 is 25.6 Å². The maximum Gasteiger partial charge on any atom is 0.261 e. The number of sulfonamides is 2. The Morgan fingerprint density at radius 3 is 1.25 bits per heavy atom. The van der Waals surface area contributed by atoms with E-state index in [1.807, 2.05) is 0 Å². The fraction of sp³-hybridized carbons (Fsp3) is 0. The van der Waals surface area contributed by atoms with E-state index >= 15 is 0 Å². The lowest BCUT2D eigenvalue weighted by atomic mass is 10.1. The fourth-order valence-corrected chi connectivity index (χ4v) is 5.53. The first-order chi connectivity index (χ1) is 17.1. The zero-order valence-corrected chi connectivity index (χ0v) is 20.2. The van der Waals surface area contributed by atoms with E-state index < -0.39 is 31.7 Å². The summed E-state index contributed by atoms with van der Waals surface area (Å²) in [6, 6.07) is 22.2. The quantitative estimate of drug-likeness (QED) is 0.287. The fourth-order valence-electron chi connectivity index (χ4n) is 3.32. The Morgan fingerprint density at radius 1 is 0.528 bits per heavy atom. The maximum atomic E-state index is 14.0. The van der Waals surface area contributed by atoms with Crippen LogP contribution in [0.5, 0.6) is 0 Å². The van der Waals surface area contributed by atoms with Gasteiger partial charge in [-0.3, -0.25) is 9.44 Å². The van der Waals surface area contributed by atoms with Gasteiger partial charge in [-0.05, 0) is 60.7 Å². The number of halogens is 2. The van der Waals surface area contributed by atoms with Crippen LogP contribution in [0, 0.1) is 11.6 Å². The van der Waals surface area contributed by atoms with Gasteiger partial charge in [0.1, 0.15) is 11.6 Å². The molecule has 0 amide bonds. The van der Waals surface area contributed by atoms with E-state index in [1.54, 1.807) is 36.4 Å². The highest BCUT2D eigenvalue weighted by Gasteiger charge is 2.17. The van der Waals surface area contributed by atoms with Crippen LogP contribution in [0.1, 0.15) is 11.1 Å². The Labute approximate surface area is 208 Å². The molecule has 0 saturated heterocycles. The van der Waals surface area contributed by atoms with Gasteiger partial charge in [0.2, 0.25) is 0 Å². The number of rotatable bonds is 8. The zero-order chi connectivity index (χ0) is 25.8. The molecular formula is C26H20F2N2O4S2. The van der Waals surface area contributed by atoms with Crippen LogP contribution in [0.3, 0.4) is 0 Å². The van der Waals surface area contributed by atoms with E-state index in [-0.39, 0.29) is 32.3 Å². The summed E-state index contributed by atoms with van der Waals surface area (Å²) < 4.78 is 83.9. The average molecular weight is 527 g/mol. The van der Waals surface area contributed by atoms with E-state index in [1.165, 1.54) is 48.6 Å². The van der Waals surface area contributed by atoms with Crippen LogP contribution >= 0.6 is 0 Å². The van der Waals surface area contributed by atoms with Gasteiger partial charge in [-0.1, -0.05) is 48.6 Å². The normalized spacial score (nSPS) is 11.9. The predicted octanol–water partition coefficient (Wildman–Crippen LogP) is 5.74. The highest BCUT2D eigenvalue weighted by molar-refractivity contribution is 7.93. The van der Waals surface area contributed by atoms with Crippen LogP contribution in [0.25, 0.3) is 12.2 Å². The second-order valence-corrected chi connectivity index (χ2v) is 11.0.